The third-order valence-corrected chi connectivity index (χ3v) is 5.80. The molecule has 0 spiro atoms. The summed E-state index contributed by atoms with van der Waals surface area (Å²) in [5.41, 5.74) is 7.24. The number of hydrogen-bond donors (Lipinski definition) is 3. The Morgan fingerprint density at radius 1 is 1.07 bits per heavy atom. The minimum Gasteiger partial charge on any atom is -0.331 e. The Hall–Kier alpha value is -2.49. The molecule has 0 radical (unpaired) electrons. The molecule has 0 saturated heterocycles. The summed E-state index contributed by atoms with van der Waals surface area (Å²) in [6, 6.07) is 13.5. The molecule has 0 heterocycles. The third kappa shape index (κ3) is 5.49. The molecule has 0 unspecified atom stereocenters. The Bertz CT molecular complexity index is 926. The minimum atomic E-state index is -3.62. The molecule has 0 aromatic heterocycles. The molecule has 0 aliphatic rings. The zero-order chi connectivity index (χ0) is 20.0. The average Bonchev–Trinajstić information content (AvgIpc) is 2.66. The topological polar surface area (TPSA) is 90.5 Å². The van der Waals surface area contributed by atoms with Crippen LogP contribution >= 0.6 is 12.2 Å². The van der Waals surface area contributed by atoms with E-state index in [1.165, 1.54) is 43.9 Å². The largest absolute Gasteiger partial charge is 0.331 e. The second kappa shape index (κ2) is 8.94. The number of nitrogens with zero attached hydrogens (tertiary/aromatic N) is 1. The van der Waals surface area contributed by atoms with Crippen molar-refractivity contribution in [3.8, 4) is 0 Å². The van der Waals surface area contributed by atoms with Crippen LogP contribution in [0.15, 0.2) is 53.4 Å². The molecule has 2 aromatic rings. The molecule has 7 nitrogen and oxygen atoms in total. The lowest BCUT2D eigenvalue weighted by Gasteiger charge is -2.14. The number of sulfonamides is 1. The maximum Gasteiger partial charge on any atom is 0.269 e. The zero-order valence-corrected chi connectivity index (χ0v) is 16.9. The van der Waals surface area contributed by atoms with Crippen molar-refractivity contribution in [1.29, 1.82) is 0 Å². The van der Waals surface area contributed by atoms with Crippen molar-refractivity contribution < 1.29 is 13.2 Å². The predicted molar refractivity (Wildman–Crippen MR) is 110 cm³/mol. The van der Waals surface area contributed by atoms with Crippen molar-refractivity contribution >= 4 is 38.9 Å². The van der Waals surface area contributed by atoms with Crippen molar-refractivity contribution in [2.75, 3.05) is 19.4 Å². The fourth-order valence-corrected chi connectivity index (χ4v) is 3.30. The van der Waals surface area contributed by atoms with E-state index in [2.05, 4.69) is 23.1 Å². The lowest BCUT2D eigenvalue weighted by Crippen LogP contribution is -2.43. The van der Waals surface area contributed by atoms with E-state index in [1.54, 1.807) is 0 Å². The van der Waals surface area contributed by atoms with Crippen LogP contribution < -0.4 is 16.2 Å². The van der Waals surface area contributed by atoms with Crippen LogP contribution in [0.1, 0.15) is 22.8 Å². The summed E-state index contributed by atoms with van der Waals surface area (Å²) in [6.07, 6.45) is 0.946. The third-order valence-electron chi connectivity index (χ3n) is 3.78. The summed E-state index contributed by atoms with van der Waals surface area (Å²) in [6.45, 7) is 2.07. The van der Waals surface area contributed by atoms with Gasteiger partial charge in [0.1, 0.15) is 0 Å². The van der Waals surface area contributed by atoms with E-state index in [0.29, 0.717) is 0 Å². The van der Waals surface area contributed by atoms with E-state index in [9.17, 15) is 13.2 Å². The van der Waals surface area contributed by atoms with Gasteiger partial charge in [-0.25, -0.2) is 12.7 Å². The average molecular weight is 407 g/mol. The SMILES string of the molecule is CCc1ccc(NC(=S)NNC(=O)c2cccc(S(=O)(=O)N(C)C)c2)cc1. The lowest BCUT2D eigenvalue weighted by molar-refractivity contribution is 0.0944. The molecule has 144 valence electrons. The number of anilines is 1. The van der Waals surface area contributed by atoms with Crippen LogP contribution in [0.5, 0.6) is 0 Å². The zero-order valence-electron chi connectivity index (χ0n) is 15.3. The van der Waals surface area contributed by atoms with Crippen molar-refractivity contribution in [1.82, 2.24) is 15.2 Å². The highest BCUT2D eigenvalue weighted by Gasteiger charge is 2.18. The maximum atomic E-state index is 12.3. The fourth-order valence-electron chi connectivity index (χ4n) is 2.18. The van der Waals surface area contributed by atoms with Crippen LogP contribution in [0.4, 0.5) is 5.69 Å². The molecule has 9 heteroatoms. The van der Waals surface area contributed by atoms with Crippen molar-refractivity contribution in [2.45, 2.75) is 18.2 Å². The molecule has 0 aliphatic carbocycles. The Balaban J connectivity index is 1.98. The highest BCUT2D eigenvalue weighted by atomic mass is 32.2. The summed E-state index contributed by atoms with van der Waals surface area (Å²) < 4.78 is 25.4. The van der Waals surface area contributed by atoms with Gasteiger partial charge in [-0.15, -0.1) is 0 Å². The van der Waals surface area contributed by atoms with E-state index in [0.717, 1.165) is 16.4 Å². The van der Waals surface area contributed by atoms with E-state index in [-0.39, 0.29) is 15.6 Å². The molecule has 0 atom stereocenters. The number of rotatable bonds is 5. The number of nitrogens with one attached hydrogen (secondary N) is 3. The Morgan fingerprint density at radius 3 is 2.33 bits per heavy atom. The van der Waals surface area contributed by atoms with Gasteiger partial charge in [-0.05, 0) is 54.5 Å². The van der Waals surface area contributed by atoms with E-state index in [1.807, 2.05) is 24.3 Å². The van der Waals surface area contributed by atoms with Crippen molar-refractivity contribution in [2.24, 2.45) is 0 Å². The summed E-state index contributed by atoms with van der Waals surface area (Å²) in [5, 5.41) is 3.17. The molecule has 1 amide bonds. The molecule has 3 N–H and O–H groups in total. The first-order chi connectivity index (χ1) is 12.7. The van der Waals surface area contributed by atoms with Gasteiger partial charge < -0.3 is 5.32 Å². The highest BCUT2D eigenvalue weighted by Crippen LogP contribution is 2.15. The molecule has 0 fully saturated rings. The molecule has 2 rings (SSSR count). The molecule has 0 saturated carbocycles. The Labute approximate surface area is 164 Å². The number of thiocarbonyl (C=S) groups is 1. The normalized spacial score (nSPS) is 11.1. The second-order valence-corrected chi connectivity index (χ2v) is 8.46. The second-order valence-electron chi connectivity index (χ2n) is 5.90. The molecule has 2 aromatic carbocycles. The van der Waals surface area contributed by atoms with Crippen LogP contribution in [-0.4, -0.2) is 37.8 Å². The monoisotopic (exact) mass is 406 g/mol. The molecule has 0 aliphatic heterocycles. The summed E-state index contributed by atoms with van der Waals surface area (Å²) in [5.74, 6) is -0.503. The molecule has 0 bridgehead atoms. The quantitative estimate of drug-likeness (QED) is 0.521. The summed E-state index contributed by atoms with van der Waals surface area (Å²) in [4.78, 5) is 12.3. The molecular weight excluding hydrogens is 384 g/mol. The summed E-state index contributed by atoms with van der Waals surface area (Å²) >= 11 is 5.15. The maximum absolute atomic E-state index is 12.3. The van der Waals surface area contributed by atoms with E-state index >= 15 is 0 Å². The minimum absolute atomic E-state index is 0.0388. The first kappa shape index (κ1) is 20.8. The van der Waals surface area contributed by atoms with Gasteiger partial charge in [-0.2, -0.15) is 0 Å². The summed E-state index contributed by atoms with van der Waals surface area (Å²) in [7, 11) is -0.753. The van der Waals surface area contributed by atoms with Crippen LogP contribution in [0.25, 0.3) is 0 Å². The molecule has 27 heavy (non-hydrogen) atoms. The number of carbonyl (C=O) groups excluding carboxylic acids is 1. The number of carbonyl (C=O) groups is 1. The number of hydrazine groups is 1. The number of aryl methyl sites for hydroxylation is 1. The van der Waals surface area contributed by atoms with Crippen molar-refractivity contribution in [3.63, 3.8) is 0 Å². The fraction of sp³-hybridized carbons (Fsp3) is 0.222. The van der Waals surface area contributed by atoms with Gasteiger partial charge in [0.25, 0.3) is 5.91 Å². The van der Waals surface area contributed by atoms with Crippen LogP contribution in [0.2, 0.25) is 0 Å². The highest BCUT2D eigenvalue weighted by molar-refractivity contribution is 7.89. The lowest BCUT2D eigenvalue weighted by atomic mass is 10.1. The standard InChI is InChI=1S/C18H22N4O3S2/c1-4-13-8-10-15(11-9-13)19-18(26)21-20-17(23)14-6-5-7-16(12-14)27(24,25)22(2)3/h5-12H,4H2,1-3H3,(H,20,23)(H2,19,21,26). The van der Waals surface area contributed by atoms with E-state index in [4.69, 9.17) is 12.2 Å². The Morgan fingerprint density at radius 2 is 1.74 bits per heavy atom. The predicted octanol–water partition coefficient (Wildman–Crippen LogP) is 2.13. The number of hydrogen-bond acceptors (Lipinski definition) is 4. The smallest absolute Gasteiger partial charge is 0.269 e. The van der Waals surface area contributed by atoms with Crippen LogP contribution in [-0.2, 0) is 16.4 Å². The van der Waals surface area contributed by atoms with E-state index < -0.39 is 15.9 Å². The van der Waals surface area contributed by atoms with Gasteiger partial charge in [0.2, 0.25) is 10.0 Å². The van der Waals surface area contributed by atoms with Crippen LogP contribution in [0, 0.1) is 0 Å². The van der Waals surface area contributed by atoms with Crippen molar-refractivity contribution in [3.05, 3.63) is 59.7 Å². The molecular formula is C18H22N4O3S2. The van der Waals surface area contributed by atoms with Gasteiger partial charge in [0, 0.05) is 25.3 Å². The van der Waals surface area contributed by atoms with Crippen LogP contribution in [0.3, 0.4) is 0 Å². The van der Waals surface area contributed by atoms with Gasteiger partial charge in [0.15, 0.2) is 5.11 Å². The number of amides is 1. The Kier molecular flexibility index (Phi) is 6.89. The van der Waals surface area contributed by atoms with Gasteiger partial charge >= 0.3 is 0 Å². The number of benzene rings is 2. The van der Waals surface area contributed by atoms with Gasteiger partial charge in [0.05, 0.1) is 4.90 Å². The van der Waals surface area contributed by atoms with Gasteiger partial charge in [-0.1, -0.05) is 25.1 Å². The first-order valence-electron chi connectivity index (χ1n) is 8.23. The van der Waals surface area contributed by atoms with Gasteiger partial charge in [-0.3, -0.25) is 15.6 Å². The first-order valence-corrected chi connectivity index (χ1v) is 10.1.